The predicted molar refractivity (Wildman–Crippen MR) is 71.4 cm³/mol. The third kappa shape index (κ3) is 3.12. The number of benzene rings is 1. The Morgan fingerprint density at radius 2 is 2.00 bits per heavy atom. The van der Waals surface area contributed by atoms with Crippen LogP contribution in [0.4, 0.5) is 18.9 Å². The summed E-state index contributed by atoms with van der Waals surface area (Å²) in [6.45, 7) is 3.77. The average Bonchev–Trinajstić information content (AvgIpc) is 2.68. The number of alkyl halides is 3. The summed E-state index contributed by atoms with van der Waals surface area (Å²) in [6, 6.07) is 5.07. The van der Waals surface area contributed by atoms with Gasteiger partial charge in [0, 0.05) is 24.5 Å². The van der Waals surface area contributed by atoms with Crippen molar-refractivity contribution >= 4 is 5.69 Å². The predicted octanol–water partition coefficient (Wildman–Crippen LogP) is 3.92. The standard InChI is InChI=1S/C14H16F3N3/c1-9(13-8-20(3)19-10(13)2)18-12-6-4-5-11(7-12)14(15,16)17/h4-9,18H,1-3H3. The fraction of sp³-hybridized carbons (Fsp3) is 0.357. The van der Waals surface area contributed by atoms with E-state index in [1.165, 1.54) is 6.07 Å². The van der Waals surface area contributed by atoms with Crippen molar-refractivity contribution in [3.63, 3.8) is 0 Å². The van der Waals surface area contributed by atoms with E-state index in [2.05, 4.69) is 10.4 Å². The van der Waals surface area contributed by atoms with E-state index in [1.807, 2.05) is 27.1 Å². The zero-order valence-corrected chi connectivity index (χ0v) is 11.5. The maximum Gasteiger partial charge on any atom is 0.416 e. The van der Waals surface area contributed by atoms with Gasteiger partial charge in [0.1, 0.15) is 0 Å². The second-order valence-corrected chi connectivity index (χ2v) is 4.79. The lowest BCUT2D eigenvalue weighted by Gasteiger charge is -2.16. The summed E-state index contributed by atoms with van der Waals surface area (Å²) in [5, 5.41) is 7.30. The highest BCUT2D eigenvalue weighted by molar-refractivity contribution is 5.48. The topological polar surface area (TPSA) is 29.9 Å². The molecule has 6 heteroatoms. The molecule has 1 heterocycles. The van der Waals surface area contributed by atoms with Gasteiger partial charge in [0.15, 0.2) is 0 Å². The summed E-state index contributed by atoms with van der Waals surface area (Å²) in [5.74, 6) is 0. The van der Waals surface area contributed by atoms with Gasteiger partial charge in [0.2, 0.25) is 0 Å². The normalized spacial score (nSPS) is 13.3. The second-order valence-electron chi connectivity index (χ2n) is 4.79. The molecule has 0 saturated carbocycles. The van der Waals surface area contributed by atoms with E-state index in [9.17, 15) is 13.2 Å². The minimum Gasteiger partial charge on any atom is -0.378 e. The van der Waals surface area contributed by atoms with Gasteiger partial charge >= 0.3 is 6.18 Å². The van der Waals surface area contributed by atoms with Crippen molar-refractivity contribution in [1.29, 1.82) is 0 Å². The summed E-state index contributed by atoms with van der Waals surface area (Å²) in [6.07, 6.45) is -2.47. The average molecular weight is 283 g/mol. The third-order valence-corrected chi connectivity index (χ3v) is 3.09. The van der Waals surface area contributed by atoms with Crippen molar-refractivity contribution < 1.29 is 13.2 Å². The van der Waals surface area contributed by atoms with Gasteiger partial charge in [-0.3, -0.25) is 4.68 Å². The third-order valence-electron chi connectivity index (χ3n) is 3.09. The first kappa shape index (κ1) is 14.4. The van der Waals surface area contributed by atoms with Crippen molar-refractivity contribution in [2.45, 2.75) is 26.1 Å². The molecule has 1 atom stereocenters. The van der Waals surface area contributed by atoms with E-state index in [-0.39, 0.29) is 6.04 Å². The molecule has 0 fully saturated rings. The van der Waals surface area contributed by atoms with Gasteiger partial charge in [-0.25, -0.2) is 0 Å². The number of halogens is 3. The molecule has 1 unspecified atom stereocenters. The number of nitrogens with zero attached hydrogens (tertiary/aromatic N) is 2. The quantitative estimate of drug-likeness (QED) is 0.925. The number of aryl methyl sites for hydroxylation is 2. The van der Waals surface area contributed by atoms with E-state index in [0.29, 0.717) is 5.69 Å². The van der Waals surface area contributed by atoms with Gasteiger partial charge in [-0.2, -0.15) is 18.3 Å². The highest BCUT2D eigenvalue weighted by Crippen LogP contribution is 2.31. The van der Waals surface area contributed by atoms with Gasteiger partial charge in [-0.15, -0.1) is 0 Å². The number of anilines is 1. The molecule has 1 N–H and O–H groups in total. The van der Waals surface area contributed by atoms with Gasteiger partial charge < -0.3 is 5.32 Å². The van der Waals surface area contributed by atoms with E-state index < -0.39 is 11.7 Å². The number of rotatable bonds is 3. The van der Waals surface area contributed by atoms with Crippen LogP contribution in [0.15, 0.2) is 30.5 Å². The van der Waals surface area contributed by atoms with Crippen LogP contribution in [0.5, 0.6) is 0 Å². The lowest BCUT2D eigenvalue weighted by Crippen LogP contribution is -2.09. The van der Waals surface area contributed by atoms with Crippen LogP contribution in [-0.4, -0.2) is 9.78 Å². The monoisotopic (exact) mass is 283 g/mol. The molecule has 0 aliphatic heterocycles. The first-order valence-electron chi connectivity index (χ1n) is 6.21. The lowest BCUT2D eigenvalue weighted by molar-refractivity contribution is -0.137. The lowest BCUT2D eigenvalue weighted by atomic mass is 10.1. The van der Waals surface area contributed by atoms with Crippen LogP contribution in [0.3, 0.4) is 0 Å². The zero-order chi connectivity index (χ0) is 14.9. The molecular weight excluding hydrogens is 267 g/mol. The molecular formula is C14H16F3N3. The molecule has 2 aromatic rings. The number of nitrogens with one attached hydrogen (secondary N) is 1. The van der Waals surface area contributed by atoms with E-state index in [1.54, 1.807) is 10.7 Å². The SMILES string of the molecule is Cc1nn(C)cc1C(C)Nc1cccc(C(F)(F)F)c1. The number of aromatic nitrogens is 2. The molecule has 0 radical (unpaired) electrons. The Hall–Kier alpha value is -1.98. The first-order valence-corrected chi connectivity index (χ1v) is 6.21. The molecule has 20 heavy (non-hydrogen) atoms. The Balaban J connectivity index is 2.20. The van der Waals surface area contributed by atoms with Gasteiger partial charge in [0.05, 0.1) is 17.3 Å². The molecule has 0 aliphatic rings. The largest absolute Gasteiger partial charge is 0.416 e. The number of hydrogen-bond acceptors (Lipinski definition) is 2. The molecule has 108 valence electrons. The molecule has 0 bridgehead atoms. The molecule has 0 saturated heterocycles. The Kier molecular flexibility index (Phi) is 3.74. The summed E-state index contributed by atoms with van der Waals surface area (Å²) < 4.78 is 39.7. The molecule has 2 rings (SSSR count). The van der Waals surface area contributed by atoms with Crippen LogP contribution in [0.25, 0.3) is 0 Å². The van der Waals surface area contributed by atoms with Crippen molar-refractivity contribution in [3.8, 4) is 0 Å². The van der Waals surface area contributed by atoms with Crippen LogP contribution < -0.4 is 5.32 Å². The molecule has 1 aromatic carbocycles. The van der Waals surface area contributed by atoms with E-state index >= 15 is 0 Å². The number of hydrogen-bond donors (Lipinski definition) is 1. The molecule has 0 amide bonds. The molecule has 0 aliphatic carbocycles. The molecule has 3 nitrogen and oxygen atoms in total. The van der Waals surface area contributed by atoms with Crippen LogP contribution in [0.1, 0.15) is 29.8 Å². The van der Waals surface area contributed by atoms with Crippen LogP contribution in [0.2, 0.25) is 0 Å². The maximum atomic E-state index is 12.7. The Labute approximate surface area is 115 Å². The smallest absolute Gasteiger partial charge is 0.378 e. The minimum absolute atomic E-state index is 0.118. The molecule has 1 aromatic heterocycles. The summed E-state index contributed by atoms with van der Waals surface area (Å²) in [7, 11) is 1.81. The van der Waals surface area contributed by atoms with Crippen LogP contribution in [0, 0.1) is 6.92 Å². The van der Waals surface area contributed by atoms with Crippen molar-refractivity contribution in [2.24, 2.45) is 7.05 Å². The first-order chi connectivity index (χ1) is 9.27. The summed E-state index contributed by atoms with van der Waals surface area (Å²) >= 11 is 0. The van der Waals surface area contributed by atoms with Gasteiger partial charge in [0.25, 0.3) is 0 Å². The maximum absolute atomic E-state index is 12.7. The Bertz CT molecular complexity index is 602. The highest BCUT2D eigenvalue weighted by Gasteiger charge is 2.30. The Morgan fingerprint density at radius 3 is 2.55 bits per heavy atom. The highest BCUT2D eigenvalue weighted by atomic mass is 19.4. The van der Waals surface area contributed by atoms with Gasteiger partial charge in [-0.1, -0.05) is 6.07 Å². The zero-order valence-electron chi connectivity index (χ0n) is 11.5. The summed E-state index contributed by atoms with van der Waals surface area (Å²) in [4.78, 5) is 0. The van der Waals surface area contributed by atoms with Crippen molar-refractivity contribution in [2.75, 3.05) is 5.32 Å². The van der Waals surface area contributed by atoms with Gasteiger partial charge in [-0.05, 0) is 32.0 Å². The summed E-state index contributed by atoms with van der Waals surface area (Å²) in [5.41, 5.74) is 1.61. The minimum atomic E-state index is -4.33. The Morgan fingerprint density at radius 1 is 1.30 bits per heavy atom. The molecule has 0 spiro atoms. The van der Waals surface area contributed by atoms with Crippen LogP contribution >= 0.6 is 0 Å². The second kappa shape index (κ2) is 5.19. The van der Waals surface area contributed by atoms with Crippen molar-refractivity contribution in [1.82, 2.24) is 9.78 Å². The van der Waals surface area contributed by atoms with Crippen LogP contribution in [-0.2, 0) is 13.2 Å². The van der Waals surface area contributed by atoms with E-state index in [4.69, 9.17) is 0 Å². The fourth-order valence-electron chi connectivity index (χ4n) is 2.16. The van der Waals surface area contributed by atoms with Crippen molar-refractivity contribution in [3.05, 3.63) is 47.3 Å². The van der Waals surface area contributed by atoms with E-state index in [0.717, 1.165) is 23.4 Å². The fourth-order valence-corrected chi connectivity index (χ4v) is 2.16.